The van der Waals surface area contributed by atoms with E-state index in [1.807, 2.05) is 18.5 Å². The highest BCUT2D eigenvalue weighted by Crippen LogP contribution is 2.47. The van der Waals surface area contributed by atoms with E-state index in [4.69, 9.17) is 5.11 Å². The topological polar surface area (TPSA) is 36.4 Å². The SMILES string of the molecule is OCCN1CCC2(CCc3cc(-c4cccnc4)ccc32)CC1. The maximum atomic E-state index is 9.13. The molecule has 1 spiro atoms. The van der Waals surface area contributed by atoms with Crippen LogP contribution < -0.4 is 0 Å². The maximum Gasteiger partial charge on any atom is 0.0558 e. The van der Waals surface area contributed by atoms with E-state index in [0.717, 1.165) is 19.6 Å². The molecule has 2 heterocycles. The Morgan fingerprint density at radius 1 is 1.09 bits per heavy atom. The summed E-state index contributed by atoms with van der Waals surface area (Å²) in [5, 5.41) is 9.13. The zero-order chi connectivity index (χ0) is 15.7. The van der Waals surface area contributed by atoms with E-state index < -0.39 is 0 Å². The van der Waals surface area contributed by atoms with Crippen molar-refractivity contribution in [3.05, 3.63) is 53.9 Å². The van der Waals surface area contributed by atoms with Crippen LogP contribution >= 0.6 is 0 Å². The van der Waals surface area contributed by atoms with Gasteiger partial charge in [0, 0.05) is 18.9 Å². The Balaban J connectivity index is 1.59. The Kier molecular flexibility index (Phi) is 3.92. The molecule has 0 saturated carbocycles. The number of hydrogen-bond acceptors (Lipinski definition) is 3. The maximum absolute atomic E-state index is 9.13. The first kappa shape index (κ1) is 14.9. The minimum absolute atomic E-state index is 0.276. The normalized spacial score (nSPS) is 19.9. The van der Waals surface area contributed by atoms with Crippen LogP contribution in [0.25, 0.3) is 11.1 Å². The van der Waals surface area contributed by atoms with Crippen molar-refractivity contribution >= 4 is 0 Å². The van der Waals surface area contributed by atoms with Crippen LogP contribution in [0.15, 0.2) is 42.7 Å². The molecule has 2 aliphatic rings. The van der Waals surface area contributed by atoms with Gasteiger partial charge in [-0.2, -0.15) is 0 Å². The van der Waals surface area contributed by atoms with Crippen LogP contribution in [0.1, 0.15) is 30.4 Å². The number of hydrogen-bond donors (Lipinski definition) is 1. The second-order valence-corrected chi connectivity index (χ2v) is 6.96. The van der Waals surface area contributed by atoms with Crippen molar-refractivity contribution in [2.24, 2.45) is 0 Å². The van der Waals surface area contributed by atoms with Crippen molar-refractivity contribution in [2.75, 3.05) is 26.2 Å². The standard InChI is InChI=1S/C20H24N2O/c23-13-12-22-10-7-20(8-11-22)6-5-17-14-16(3-4-19(17)20)18-2-1-9-21-15-18/h1-4,9,14-15,23H,5-8,10-13H2. The quantitative estimate of drug-likeness (QED) is 0.947. The van der Waals surface area contributed by atoms with Gasteiger partial charge in [-0.25, -0.2) is 0 Å². The minimum Gasteiger partial charge on any atom is -0.395 e. The first-order valence-electron chi connectivity index (χ1n) is 8.68. The molecule has 1 aliphatic carbocycles. The molecule has 120 valence electrons. The fraction of sp³-hybridized carbons (Fsp3) is 0.450. The van der Waals surface area contributed by atoms with E-state index in [1.165, 1.54) is 42.4 Å². The van der Waals surface area contributed by atoms with Crippen molar-refractivity contribution in [1.82, 2.24) is 9.88 Å². The van der Waals surface area contributed by atoms with Gasteiger partial charge in [-0.1, -0.05) is 24.3 Å². The molecular weight excluding hydrogens is 284 g/mol. The molecule has 2 aromatic rings. The summed E-state index contributed by atoms with van der Waals surface area (Å²) < 4.78 is 0. The van der Waals surface area contributed by atoms with Gasteiger partial charge in [0.15, 0.2) is 0 Å². The lowest BCUT2D eigenvalue weighted by Crippen LogP contribution is -2.42. The Morgan fingerprint density at radius 2 is 1.96 bits per heavy atom. The van der Waals surface area contributed by atoms with E-state index in [-0.39, 0.29) is 6.61 Å². The fourth-order valence-corrected chi connectivity index (χ4v) is 4.41. The molecule has 0 unspecified atom stereocenters. The predicted molar refractivity (Wildman–Crippen MR) is 92.4 cm³/mol. The lowest BCUT2D eigenvalue weighted by Gasteiger charge is -2.40. The predicted octanol–water partition coefficient (Wildman–Crippen LogP) is 3.02. The Bertz CT molecular complexity index is 675. The number of pyridine rings is 1. The average molecular weight is 308 g/mol. The van der Waals surface area contributed by atoms with Gasteiger partial charge in [0.2, 0.25) is 0 Å². The number of β-amino-alcohol motifs (C(OH)–C–C–N with tert-alkyl or cyclic N) is 1. The summed E-state index contributed by atoms with van der Waals surface area (Å²) in [6, 6.07) is 11.1. The summed E-state index contributed by atoms with van der Waals surface area (Å²) in [6.45, 7) is 3.33. The third-order valence-corrected chi connectivity index (χ3v) is 5.77. The lowest BCUT2D eigenvalue weighted by atomic mass is 9.73. The molecular formula is C20H24N2O. The summed E-state index contributed by atoms with van der Waals surface area (Å²) in [6.07, 6.45) is 8.71. The van der Waals surface area contributed by atoms with E-state index in [0.29, 0.717) is 5.41 Å². The number of aliphatic hydroxyl groups is 1. The van der Waals surface area contributed by atoms with Crippen LogP contribution in [-0.4, -0.2) is 41.2 Å². The third-order valence-electron chi connectivity index (χ3n) is 5.77. The molecule has 0 atom stereocenters. The Hall–Kier alpha value is -1.71. The molecule has 3 heteroatoms. The largest absolute Gasteiger partial charge is 0.395 e. The zero-order valence-electron chi connectivity index (χ0n) is 13.5. The first-order valence-corrected chi connectivity index (χ1v) is 8.68. The van der Waals surface area contributed by atoms with Crippen molar-refractivity contribution in [3.8, 4) is 11.1 Å². The summed E-state index contributed by atoms with van der Waals surface area (Å²) in [4.78, 5) is 6.63. The van der Waals surface area contributed by atoms with Gasteiger partial charge in [-0.15, -0.1) is 0 Å². The fourth-order valence-electron chi connectivity index (χ4n) is 4.41. The van der Waals surface area contributed by atoms with Gasteiger partial charge in [-0.05, 0) is 72.5 Å². The summed E-state index contributed by atoms with van der Waals surface area (Å²) in [5.41, 5.74) is 5.98. The monoisotopic (exact) mass is 308 g/mol. The Morgan fingerprint density at radius 3 is 2.70 bits per heavy atom. The highest BCUT2D eigenvalue weighted by atomic mass is 16.3. The molecule has 23 heavy (non-hydrogen) atoms. The molecule has 1 aromatic carbocycles. The molecule has 1 fully saturated rings. The van der Waals surface area contributed by atoms with Gasteiger partial charge in [0.25, 0.3) is 0 Å². The number of nitrogens with zero attached hydrogens (tertiary/aromatic N) is 2. The molecule has 3 nitrogen and oxygen atoms in total. The van der Waals surface area contributed by atoms with Gasteiger partial charge >= 0.3 is 0 Å². The number of benzene rings is 1. The van der Waals surface area contributed by atoms with Crippen molar-refractivity contribution in [1.29, 1.82) is 0 Å². The summed E-state index contributed by atoms with van der Waals surface area (Å²) in [5.74, 6) is 0. The zero-order valence-corrected chi connectivity index (χ0v) is 13.5. The average Bonchev–Trinajstić information content (AvgIpc) is 2.96. The van der Waals surface area contributed by atoms with Crippen LogP contribution in [0.3, 0.4) is 0 Å². The number of piperidine rings is 1. The van der Waals surface area contributed by atoms with Crippen LogP contribution in [0.5, 0.6) is 0 Å². The summed E-state index contributed by atoms with van der Waals surface area (Å²) >= 11 is 0. The number of rotatable bonds is 3. The van der Waals surface area contributed by atoms with Crippen LogP contribution in [0.2, 0.25) is 0 Å². The lowest BCUT2D eigenvalue weighted by molar-refractivity contribution is 0.131. The van der Waals surface area contributed by atoms with Crippen LogP contribution in [0.4, 0.5) is 0 Å². The molecule has 4 rings (SSSR count). The molecule has 0 amide bonds. The number of aromatic nitrogens is 1. The van der Waals surface area contributed by atoms with Crippen LogP contribution in [-0.2, 0) is 11.8 Å². The first-order chi connectivity index (χ1) is 11.3. The number of aryl methyl sites for hydroxylation is 1. The molecule has 1 N–H and O–H groups in total. The third kappa shape index (κ3) is 2.68. The van der Waals surface area contributed by atoms with Gasteiger partial charge in [0.05, 0.1) is 6.61 Å². The number of likely N-dealkylation sites (tertiary alicyclic amines) is 1. The summed E-state index contributed by atoms with van der Waals surface area (Å²) in [7, 11) is 0. The van der Waals surface area contributed by atoms with Gasteiger partial charge < -0.3 is 10.0 Å². The number of aliphatic hydroxyl groups excluding tert-OH is 1. The van der Waals surface area contributed by atoms with E-state index in [9.17, 15) is 0 Å². The number of fused-ring (bicyclic) bond motifs is 2. The molecule has 1 aliphatic heterocycles. The Labute approximate surface area is 138 Å². The van der Waals surface area contributed by atoms with Crippen molar-refractivity contribution in [2.45, 2.75) is 31.1 Å². The second kappa shape index (κ2) is 6.06. The molecule has 0 radical (unpaired) electrons. The van der Waals surface area contributed by atoms with E-state index in [1.54, 1.807) is 5.56 Å². The highest BCUT2D eigenvalue weighted by Gasteiger charge is 2.40. The smallest absolute Gasteiger partial charge is 0.0558 e. The highest BCUT2D eigenvalue weighted by molar-refractivity contribution is 5.65. The van der Waals surface area contributed by atoms with Gasteiger partial charge in [-0.3, -0.25) is 4.98 Å². The molecule has 1 aromatic heterocycles. The van der Waals surface area contributed by atoms with Crippen molar-refractivity contribution < 1.29 is 5.11 Å². The second-order valence-electron chi connectivity index (χ2n) is 6.96. The van der Waals surface area contributed by atoms with E-state index >= 15 is 0 Å². The molecule has 0 bridgehead atoms. The molecule has 1 saturated heterocycles. The van der Waals surface area contributed by atoms with Crippen molar-refractivity contribution in [3.63, 3.8) is 0 Å². The minimum atomic E-state index is 0.276. The van der Waals surface area contributed by atoms with Gasteiger partial charge in [0.1, 0.15) is 0 Å². The van der Waals surface area contributed by atoms with Crippen LogP contribution in [0, 0.1) is 0 Å². The van der Waals surface area contributed by atoms with E-state index in [2.05, 4.69) is 34.1 Å².